The van der Waals surface area contributed by atoms with Gasteiger partial charge in [-0.05, 0) is 33.1 Å². The summed E-state index contributed by atoms with van der Waals surface area (Å²) in [5, 5.41) is 13.1. The minimum Gasteiger partial charge on any atom is -0.394 e. The lowest BCUT2D eigenvalue weighted by atomic mass is 9.97. The van der Waals surface area contributed by atoms with Gasteiger partial charge in [-0.3, -0.25) is 0 Å². The van der Waals surface area contributed by atoms with Gasteiger partial charge in [-0.25, -0.2) is 0 Å². The number of hydrogen-bond donors (Lipinski definition) is 2. The van der Waals surface area contributed by atoms with E-state index in [0.29, 0.717) is 18.0 Å². The number of aliphatic hydroxyl groups excluding tert-OH is 1. The highest BCUT2D eigenvalue weighted by molar-refractivity contribution is 4.85. The minimum atomic E-state index is -0.168. The molecule has 0 amide bonds. The van der Waals surface area contributed by atoms with Crippen LogP contribution < -0.4 is 5.32 Å². The number of rotatable bonds is 9. The first kappa shape index (κ1) is 17.9. The molecule has 0 spiro atoms. The Morgan fingerprint density at radius 2 is 1.67 bits per heavy atom. The molecule has 0 aromatic rings. The third-order valence-electron chi connectivity index (χ3n) is 3.27. The average Bonchev–Trinajstić information content (AvgIpc) is 2.22. The standard InChI is InChI=1S/C15H34N2O/c1-12(2)10-17(14(5)6)9-8-15(7,11-18)16-13(3)4/h12-14,16,18H,8-11H2,1-7H3. The van der Waals surface area contributed by atoms with Crippen LogP contribution in [0.5, 0.6) is 0 Å². The van der Waals surface area contributed by atoms with E-state index >= 15 is 0 Å². The molecule has 18 heavy (non-hydrogen) atoms. The summed E-state index contributed by atoms with van der Waals surface area (Å²) < 4.78 is 0. The molecule has 1 atom stereocenters. The van der Waals surface area contributed by atoms with Crippen molar-refractivity contribution in [2.45, 2.75) is 72.5 Å². The molecule has 0 saturated carbocycles. The van der Waals surface area contributed by atoms with Gasteiger partial charge < -0.3 is 15.3 Å². The molecule has 3 nitrogen and oxygen atoms in total. The molecule has 0 aliphatic carbocycles. The average molecular weight is 258 g/mol. The van der Waals surface area contributed by atoms with Crippen LogP contribution in [-0.4, -0.2) is 47.3 Å². The lowest BCUT2D eigenvalue weighted by molar-refractivity contribution is 0.122. The van der Waals surface area contributed by atoms with Crippen molar-refractivity contribution in [1.82, 2.24) is 10.2 Å². The summed E-state index contributed by atoms with van der Waals surface area (Å²) in [5.74, 6) is 0.686. The maximum Gasteiger partial charge on any atom is 0.0611 e. The molecular weight excluding hydrogens is 224 g/mol. The molecule has 0 saturated heterocycles. The van der Waals surface area contributed by atoms with E-state index in [-0.39, 0.29) is 12.1 Å². The highest BCUT2D eigenvalue weighted by Gasteiger charge is 2.25. The van der Waals surface area contributed by atoms with Crippen LogP contribution in [0.3, 0.4) is 0 Å². The van der Waals surface area contributed by atoms with Crippen molar-refractivity contribution in [2.24, 2.45) is 5.92 Å². The van der Waals surface area contributed by atoms with E-state index in [1.54, 1.807) is 0 Å². The molecule has 3 heteroatoms. The highest BCUT2D eigenvalue weighted by Crippen LogP contribution is 2.14. The zero-order valence-corrected chi connectivity index (χ0v) is 13.5. The normalized spacial score (nSPS) is 16.0. The number of nitrogens with one attached hydrogen (secondary N) is 1. The first-order valence-electron chi connectivity index (χ1n) is 7.33. The second-order valence-electron chi connectivity index (χ2n) is 6.75. The summed E-state index contributed by atoms with van der Waals surface area (Å²) in [6.07, 6.45) is 0.979. The third-order valence-corrected chi connectivity index (χ3v) is 3.27. The molecule has 110 valence electrons. The van der Waals surface area contributed by atoms with Crippen molar-refractivity contribution < 1.29 is 5.11 Å². The van der Waals surface area contributed by atoms with Crippen LogP contribution in [0.4, 0.5) is 0 Å². The maximum atomic E-state index is 9.59. The summed E-state index contributed by atoms with van der Waals surface area (Å²) >= 11 is 0. The van der Waals surface area contributed by atoms with Gasteiger partial charge in [-0.15, -0.1) is 0 Å². The number of nitrogens with zero attached hydrogens (tertiary/aromatic N) is 1. The van der Waals surface area contributed by atoms with Crippen molar-refractivity contribution in [3.63, 3.8) is 0 Å². The van der Waals surface area contributed by atoms with Crippen LogP contribution in [-0.2, 0) is 0 Å². The van der Waals surface area contributed by atoms with Gasteiger partial charge in [-0.2, -0.15) is 0 Å². The second-order valence-corrected chi connectivity index (χ2v) is 6.75. The summed E-state index contributed by atoms with van der Waals surface area (Å²) in [6, 6.07) is 0.967. The lowest BCUT2D eigenvalue weighted by Gasteiger charge is -2.35. The minimum absolute atomic E-state index is 0.168. The van der Waals surface area contributed by atoms with Gasteiger partial charge >= 0.3 is 0 Å². The van der Waals surface area contributed by atoms with Crippen LogP contribution in [0.1, 0.15) is 54.9 Å². The summed E-state index contributed by atoms with van der Waals surface area (Å²) in [6.45, 7) is 17.7. The molecule has 0 aromatic heterocycles. The van der Waals surface area contributed by atoms with Gasteiger partial charge in [0.05, 0.1) is 6.61 Å². The smallest absolute Gasteiger partial charge is 0.0611 e. The lowest BCUT2D eigenvalue weighted by Crippen LogP contribution is -2.51. The van der Waals surface area contributed by atoms with Gasteiger partial charge in [-0.1, -0.05) is 27.7 Å². The fourth-order valence-corrected chi connectivity index (χ4v) is 2.31. The first-order chi connectivity index (χ1) is 8.20. The fraction of sp³-hybridized carbons (Fsp3) is 1.00. The fourth-order valence-electron chi connectivity index (χ4n) is 2.31. The van der Waals surface area contributed by atoms with E-state index in [1.807, 2.05) is 0 Å². The molecule has 0 aliphatic rings. The largest absolute Gasteiger partial charge is 0.394 e. The van der Waals surface area contributed by atoms with Crippen molar-refractivity contribution in [1.29, 1.82) is 0 Å². The van der Waals surface area contributed by atoms with E-state index in [2.05, 4.69) is 58.7 Å². The molecule has 0 aromatic carbocycles. The Balaban J connectivity index is 4.38. The molecule has 0 heterocycles. The zero-order valence-electron chi connectivity index (χ0n) is 13.5. The maximum absolute atomic E-state index is 9.59. The molecule has 0 radical (unpaired) electrons. The summed E-state index contributed by atoms with van der Waals surface area (Å²) in [5.41, 5.74) is -0.168. The van der Waals surface area contributed by atoms with E-state index in [9.17, 15) is 5.11 Å². The van der Waals surface area contributed by atoms with Crippen LogP contribution in [0.25, 0.3) is 0 Å². The Hall–Kier alpha value is -0.120. The molecule has 0 bridgehead atoms. The molecule has 2 N–H and O–H groups in total. The van der Waals surface area contributed by atoms with E-state index < -0.39 is 0 Å². The van der Waals surface area contributed by atoms with Crippen molar-refractivity contribution in [3.8, 4) is 0 Å². The summed E-state index contributed by atoms with van der Waals surface area (Å²) in [7, 11) is 0. The van der Waals surface area contributed by atoms with Crippen LogP contribution in [0.2, 0.25) is 0 Å². The Morgan fingerprint density at radius 1 is 1.11 bits per heavy atom. The van der Waals surface area contributed by atoms with Crippen molar-refractivity contribution in [3.05, 3.63) is 0 Å². The number of hydrogen-bond acceptors (Lipinski definition) is 3. The van der Waals surface area contributed by atoms with E-state index in [1.165, 1.54) is 0 Å². The monoisotopic (exact) mass is 258 g/mol. The number of aliphatic hydroxyl groups is 1. The molecule has 1 unspecified atom stereocenters. The summed E-state index contributed by atoms with van der Waals surface area (Å²) in [4.78, 5) is 2.50. The van der Waals surface area contributed by atoms with Crippen LogP contribution in [0.15, 0.2) is 0 Å². The quantitative estimate of drug-likeness (QED) is 0.667. The van der Waals surface area contributed by atoms with Crippen LogP contribution >= 0.6 is 0 Å². The SMILES string of the molecule is CC(C)CN(CCC(C)(CO)NC(C)C)C(C)C. The third kappa shape index (κ3) is 7.34. The predicted octanol–water partition coefficient (Wildman–Crippen LogP) is 2.49. The topological polar surface area (TPSA) is 35.5 Å². The van der Waals surface area contributed by atoms with Gasteiger partial charge in [0, 0.05) is 30.7 Å². The Morgan fingerprint density at radius 3 is 2.00 bits per heavy atom. The first-order valence-corrected chi connectivity index (χ1v) is 7.33. The zero-order chi connectivity index (χ0) is 14.3. The van der Waals surface area contributed by atoms with Gasteiger partial charge in [0.1, 0.15) is 0 Å². The Bertz CT molecular complexity index is 217. The van der Waals surface area contributed by atoms with Gasteiger partial charge in [0.2, 0.25) is 0 Å². The Kier molecular flexibility index (Phi) is 8.08. The molecule has 0 aliphatic heterocycles. The second kappa shape index (κ2) is 8.13. The van der Waals surface area contributed by atoms with Gasteiger partial charge in [0.15, 0.2) is 0 Å². The van der Waals surface area contributed by atoms with Crippen molar-refractivity contribution >= 4 is 0 Å². The molecular formula is C15H34N2O. The molecule has 0 rings (SSSR count). The predicted molar refractivity (Wildman–Crippen MR) is 79.9 cm³/mol. The van der Waals surface area contributed by atoms with Crippen LogP contribution in [0, 0.1) is 5.92 Å². The molecule has 0 fully saturated rings. The Labute approximate surface area is 114 Å². The van der Waals surface area contributed by atoms with E-state index in [0.717, 1.165) is 19.5 Å². The van der Waals surface area contributed by atoms with Gasteiger partial charge in [0.25, 0.3) is 0 Å². The van der Waals surface area contributed by atoms with E-state index in [4.69, 9.17) is 0 Å². The highest BCUT2D eigenvalue weighted by atomic mass is 16.3. The van der Waals surface area contributed by atoms with Crippen molar-refractivity contribution in [2.75, 3.05) is 19.7 Å².